The van der Waals surface area contributed by atoms with E-state index < -0.39 is 0 Å². The number of rotatable bonds is 9. The number of fused-ring (bicyclic) bond motifs is 9. The van der Waals surface area contributed by atoms with Gasteiger partial charge in [-0.1, -0.05) is 223 Å². The van der Waals surface area contributed by atoms with E-state index in [1.54, 1.807) is 0 Å². The summed E-state index contributed by atoms with van der Waals surface area (Å²) in [5, 5.41) is 2.46. The number of anilines is 12. The number of hydrogen-bond acceptors (Lipinski definition) is 6. The van der Waals surface area contributed by atoms with E-state index >= 15 is 0 Å². The van der Waals surface area contributed by atoms with Crippen LogP contribution in [0.25, 0.3) is 21.9 Å². The monoisotopic (exact) mass is 1100 g/mol. The highest BCUT2D eigenvalue weighted by Gasteiger charge is 2.47. The Labute approximate surface area is 499 Å². The molecule has 4 heterocycles. The van der Waals surface area contributed by atoms with Gasteiger partial charge in [-0.25, -0.2) is 0 Å². The van der Waals surface area contributed by atoms with Crippen LogP contribution in [0.1, 0.15) is 0 Å². The minimum atomic E-state index is -0.0823. The zero-order chi connectivity index (χ0) is 55.2. The quantitative estimate of drug-likeness (QED) is 0.133. The van der Waals surface area contributed by atoms with Crippen molar-refractivity contribution in [3.8, 4) is 11.1 Å². The molecule has 0 radical (unpaired) electrons. The maximum atomic E-state index is 2.66. The first-order valence-electron chi connectivity index (χ1n) is 28.8. The van der Waals surface area contributed by atoms with E-state index in [1.165, 1.54) is 97.0 Å². The average molecular weight is 1110 g/mol. The lowest BCUT2D eigenvalue weighted by Gasteiger charge is -2.44. The molecule has 84 heavy (non-hydrogen) atoms. The van der Waals surface area contributed by atoms with E-state index in [9.17, 15) is 0 Å². The summed E-state index contributed by atoms with van der Waals surface area (Å²) in [4.78, 5) is 15.0. The van der Waals surface area contributed by atoms with Gasteiger partial charge in [-0.15, -0.1) is 0 Å². The molecule has 0 fully saturated rings. The summed E-state index contributed by atoms with van der Waals surface area (Å²) < 4.78 is 0. The van der Waals surface area contributed by atoms with Crippen LogP contribution in [-0.2, 0) is 0 Å². The van der Waals surface area contributed by atoms with Crippen molar-refractivity contribution in [2.45, 2.75) is 19.6 Å². The fourth-order valence-corrected chi connectivity index (χ4v) is 16.5. The molecule has 0 bridgehead atoms. The molecule has 0 amide bonds. The number of hydrogen-bond donors (Lipinski definition) is 0. The maximum absolute atomic E-state index is 2.66. The predicted octanol–water partition coefficient (Wildman–Crippen LogP) is 17.0. The number of para-hydroxylation sites is 8. The van der Waals surface area contributed by atoms with Crippen LogP contribution in [0.4, 0.5) is 68.2 Å². The Morgan fingerprint density at radius 2 is 0.643 bits per heavy atom. The van der Waals surface area contributed by atoms with Gasteiger partial charge in [-0.2, -0.15) is 0 Å². The summed E-state index contributed by atoms with van der Waals surface area (Å²) in [7, 11) is 0. The summed E-state index contributed by atoms with van der Waals surface area (Å²) in [5.74, 6) is 0. The zero-order valence-electron chi connectivity index (χ0n) is 45.6. The summed E-state index contributed by atoms with van der Waals surface area (Å²) in [5.41, 5.74) is 24.1. The lowest BCUT2D eigenvalue weighted by molar-refractivity contribution is 1.22. The third-order valence-electron chi connectivity index (χ3n) is 17.2. The van der Waals surface area contributed by atoms with Crippen molar-refractivity contribution < 1.29 is 0 Å². The van der Waals surface area contributed by atoms with Gasteiger partial charge in [0.2, 0.25) is 13.4 Å². The van der Waals surface area contributed by atoms with Crippen molar-refractivity contribution in [1.29, 1.82) is 0 Å². The standard InChI is InChI=1S/C76H50B2N4S2/c1-7-27-54(28-8-1)79(55-29-9-2-10-30-55)60-46-68-73-70(48-60)83-75-64(77(73)62-39-21-23-41-66(62)81(68)58-35-15-5-16-36-58)50-65-76(72(75)53-44-43-51-25-19-20-26-52(51)45-53)84-71-49-61(80(56-31-11-3-12-32-56)57-33-13-4-14-34-57)47-69-74(71)78(65)63-40-22-24-42-67(63)82(69)59-37-17-6-18-38-59/h1-50H. The van der Waals surface area contributed by atoms with Gasteiger partial charge >= 0.3 is 0 Å². The second-order valence-corrected chi connectivity index (χ2v) is 24.1. The molecule has 0 saturated carbocycles. The summed E-state index contributed by atoms with van der Waals surface area (Å²) in [6, 6.07) is 112. The third-order valence-corrected chi connectivity index (χ3v) is 19.6. The Hall–Kier alpha value is -9.85. The summed E-state index contributed by atoms with van der Waals surface area (Å²) in [6.07, 6.45) is 0. The smallest absolute Gasteiger partial charge is 0.249 e. The minimum absolute atomic E-state index is 0.0823. The molecule has 17 rings (SSSR count). The summed E-state index contributed by atoms with van der Waals surface area (Å²) in [6.45, 7) is -0.165. The Kier molecular flexibility index (Phi) is 11.6. The Bertz CT molecular complexity index is 4370. The fourth-order valence-electron chi connectivity index (χ4n) is 13.7. The molecule has 4 aliphatic heterocycles. The number of nitrogens with zero attached hydrogens (tertiary/aromatic N) is 4. The van der Waals surface area contributed by atoms with E-state index in [-0.39, 0.29) is 13.4 Å². The van der Waals surface area contributed by atoms with Gasteiger partial charge in [0.15, 0.2) is 0 Å². The summed E-state index contributed by atoms with van der Waals surface area (Å²) >= 11 is 3.91. The molecular formula is C76H50B2N4S2. The highest BCUT2D eigenvalue weighted by molar-refractivity contribution is 8.01. The van der Waals surface area contributed by atoms with Crippen LogP contribution < -0.4 is 52.4 Å². The van der Waals surface area contributed by atoms with E-state index in [4.69, 9.17) is 0 Å². The molecule has 13 aromatic carbocycles. The lowest BCUT2D eigenvalue weighted by Crippen LogP contribution is -2.64. The SMILES string of the molecule is c1ccc(N(c2ccccc2)c2cc3c4c(c2)N(c2ccccc2)c2ccccc2B4c2cc4c(c(-c5ccc6ccccc6c5)c2S3)Sc2cc(N(c3ccccc3)c3ccccc3)cc3c2B4c2ccccc2N3c2ccccc2)cc1. The van der Waals surface area contributed by atoms with Gasteiger partial charge in [-0.3, -0.25) is 0 Å². The van der Waals surface area contributed by atoms with Crippen molar-refractivity contribution in [2.24, 2.45) is 0 Å². The van der Waals surface area contributed by atoms with Gasteiger partial charge in [0.05, 0.1) is 0 Å². The van der Waals surface area contributed by atoms with E-state index in [1.807, 2.05) is 23.5 Å². The second kappa shape index (κ2) is 20.0. The first-order chi connectivity index (χ1) is 41.7. The molecule has 13 aromatic rings. The molecule has 392 valence electrons. The molecular weight excluding hydrogens is 1050 g/mol. The zero-order valence-corrected chi connectivity index (χ0v) is 47.3. The molecule has 0 spiro atoms. The lowest BCUT2D eigenvalue weighted by atomic mass is 9.31. The molecule has 4 aliphatic rings. The van der Waals surface area contributed by atoms with Crippen LogP contribution in [-0.4, -0.2) is 13.4 Å². The van der Waals surface area contributed by atoms with Crippen molar-refractivity contribution in [2.75, 3.05) is 19.6 Å². The van der Waals surface area contributed by atoms with Crippen LogP contribution in [0.5, 0.6) is 0 Å². The molecule has 4 nitrogen and oxygen atoms in total. The molecule has 0 N–H and O–H groups in total. The fraction of sp³-hybridized carbons (Fsp3) is 0. The molecule has 0 aliphatic carbocycles. The van der Waals surface area contributed by atoms with E-state index in [0.29, 0.717) is 0 Å². The number of benzene rings is 13. The first kappa shape index (κ1) is 48.8. The van der Waals surface area contributed by atoms with Crippen LogP contribution in [0, 0.1) is 0 Å². The van der Waals surface area contributed by atoms with Crippen molar-refractivity contribution in [1.82, 2.24) is 0 Å². The van der Waals surface area contributed by atoms with Crippen LogP contribution >= 0.6 is 23.5 Å². The molecule has 0 unspecified atom stereocenters. The van der Waals surface area contributed by atoms with E-state index in [2.05, 4.69) is 323 Å². The van der Waals surface area contributed by atoms with Crippen molar-refractivity contribution >= 4 is 149 Å². The molecule has 0 saturated heterocycles. The third kappa shape index (κ3) is 7.82. The molecule has 8 heteroatoms. The van der Waals surface area contributed by atoms with Gasteiger partial charge in [0.25, 0.3) is 0 Å². The van der Waals surface area contributed by atoms with Crippen molar-refractivity contribution in [3.63, 3.8) is 0 Å². The van der Waals surface area contributed by atoms with E-state index in [0.717, 1.165) is 45.5 Å². The van der Waals surface area contributed by atoms with Gasteiger partial charge in [0, 0.05) is 93.4 Å². The van der Waals surface area contributed by atoms with Gasteiger partial charge in [0.1, 0.15) is 0 Å². The van der Waals surface area contributed by atoms with Gasteiger partial charge in [-0.05, 0) is 153 Å². The van der Waals surface area contributed by atoms with Crippen LogP contribution in [0.2, 0.25) is 0 Å². The Morgan fingerprint density at radius 1 is 0.274 bits per heavy atom. The maximum Gasteiger partial charge on any atom is 0.249 e. The average Bonchev–Trinajstić information content (AvgIpc) is 0.780. The highest BCUT2D eigenvalue weighted by atomic mass is 32.2. The highest BCUT2D eigenvalue weighted by Crippen LogP contribution is 2.53. The predicted molar refractivity (Wildman–Crippen MR) is 359 cm³/mol. The second-order valence-electron chi connectivity index (χ2n) is 21.9. The normalized spacial score (nSPS) is 13.0. The topological polar surface area (TPSA) is 13.0 Å². The Balaban J connectivity index is 0.973. The van der Waals surface area contributed by atoms with Gasteiger partial charge < -0.3 is 19.6 Å². The van der Waals surface area contributed by atoms with Crippen LogP contribution in [0.3, 0.4) is 0 Å². The van der Waals surface area contributed by atoms with Crippen molar-refractivity contribution in [3.05, 3.63) is 303 Å². The molecule has 0 atom stereocenters. The first-order valence-corrected chi connectivity index (χ1v) is 30.4. The minimum Gasteiger partial charge on any atom is -0.311 e. The Morgan fingerprint density at radius 3 is 1.07 bits per heavy atom. The molecule has 0 aromatic heterocycles. The van der Waals surface area contributed by atoms with Crippen LogP contribution in [0.15, 0.2) is 323 Å². The largest absolute Gasteiger partial charge is 0.311 e.